The summed E-state index contributed by atoms with van der Waals surface area (Å²) in [4.78, 5) is 45.3. The summed E-state index contributed by atoms with van der Waals surface area (Å²) in [5, 5.41) is 6.00. The van der Waals surface area contributed by atoms with Crippen molar-refractivity contribution in [2.45, 2.75) is 6.42 Å². The van der Waals surface area contributed by atoms with E-state index in [0.717, 1.165) is 12.1 Å². The van der Waals surface area contributed by atoms with E-state index in [-0.39, 0.29) is 24.2 Å². The first kappa shape index (κ1) is 28.4. The van der Waals surface area contributed by atoms with Gasteiger partial charge in [-0.05, 0) is 55.0 Å². The largest absolute Gasteiger partial charge is 0.454 e. The zero-order valence-electron chi connectivity index (χ0n) is 23.4. The Morgan fingerprint density at radius 3 is 2.14 bits per heavy atom. The zero-order valence-corrected chi connectivity index (χ0v) is 23.4. The highest BCUT2D eigenvalue weighted by atomic mass is 19.1. The van der Waals surface area contributed by atoms with Crippen molar-refractivity contribution in [1.29, 1.82) is 0 Å². The second-order valence-corrected chi connectivity index (χ2v) is 10.6. The number of benzene rings is 3. The average molecular weight is 592 g/mol. The Balaban J connectivity index is 1.24. The van der Waals surface area contributed by atoms with E-state index in [9.17, 15) is 23.2 Å². The number of amides is 3. The van der Waals surface area contributed by atoms with E-state index < -0.39 is 17.5 Å². The third-order valence-corrected chi connectivity index (χ3v) is 7.76. The first-order valence-electron chi connectivity index (χ1n) is 14.2. The Kier molecular flexibility index (Phi) is 8.10. The monoisotopic (exact) mass is 591 g/mol. The van der Waals surface area contributed by atoms with Gasteiger partial charge < -0.3 is 34.8 Å². The average Bonchev–Trinajstić information content (AvgIpc) is 3.35. The molecular formula is C31H31F2N5O5. The number of hydrogen-bond donors (Lipinski definition) is 2. The summed E-state index contributed by atoms with van der Waals surface area (Å²) in [6.45, 7) is 4.59. The van der Waals surface area contributed by atoms with Crippen molar-refractivity contribution in [3.8, 4) is 11.5 Å². The normalized spacial score (nSPS) is 16.6. The van der Waals surface area contributed by atoms with Gasteiger partial charge in [0.25, 0.3) is 17.7 Å². The van der Waals surface area contributed by atoms with Gasteiger partial charge in [-0.25, -0.2) is 8.78 Å². The van der Waals surface area contributed by atoms with Crippen LogP contribution in [-0.2, 0) is 0 Å². The highest BCUT2D eigenvalue weighted by molar-refractivity contribution is 6.07. The van der Waals surface area contributed by atoms with Crippen molar-refractivity contribution in [3.05, 3.63) is 82.9 Å². The number of carbonyl (C=O) groups is 3. The second kappa shape index (κ2) is 12.3. The van der Waals surface area contributed by atoms with E-state index in [2.05, 4.69) is 10.6 Å². The van der Waals surface area contributed by atoms with E-state index in [4.69, 9.17) is 9.47 Å². The fourth-order valence-corrected chi connectivity index (χ4v) is 5.55. The minimum atomic E-state index is -0.868. The fraction of sp³-hybridized carbons (Fsp3) is 0.323. The van der Waals surface area contributed by atoms with Crippen LogP contribution in [0.25, 0.3) is 0 Å². The molecule has 3 heterocycles. The molecule has 12 heteroatoms. The standard InChI is InChI=1S/C31H31F2N5O5/c32-23-14-22(15-24(33)18-23)29(39)35-25-16-20(30(40)38-10-6-34-7-11-38)2-4-26(25)36-8-1-9-37(13-12-36)31(41)21-3-5-27-28(17-21)43-19-42-27/h2-5,14-18,34H,1,6-13,19H2,(H,35,39). The van der Waals surface area contributed by atoms with Crippen LogP contribution in [0.2, 0.25) is 0 Å². The lowest BCUT2D eigenvalue weighted by molar-refractivity contribution is 0.0734. The second-order valence-electron chi connectivity index (χ2n) is 10.6. The van der Waals surface area contributed by atoms with Crippen LogP contribution in [0.1, 0.15) is 37.5 Å². The van der Waals surface area contributed by atoms with Crippen molar-refractivity contribution in [2.24, 2.45) is 0 Å². The number of anilines is 2. The first-order chi connectivity index (χ1) is 20.9. The zero-order chi connectivity index (χ0) is 29.9. The van der Waals surface area contributed by atoms with Gasteiger partial charge in [0.05, 0.1) is 11.4 Å². The van der Waals surface area contributed by atoms with Gasteiger partial charge in [-0.2, -0.15) is 0 Å². The van der Waals surface area contributed by atoms with Crippen molar-refractivity contribution >= 4 is 29.1 Å². The van der Waals surface area contributed by atoms with Gasteiger partial charge in [0.1, 0.15) is 11.6 Å². The molecule has 0 bridgehead atoms. The molecule has 43 heavy (non-hydrogen) atoms. The van der Waals surface area contributed by atoms with E-state index in [1.807, 2.05) is 4.90 Å². The van der Waals surface area contributed by atoms with Gasteiger partial charge >= 0.3 is 0 Å². The summed E-state index contributed by atoms with van der Waals surface area (Å²) in [7, 11) is 0. The smallest absolute Gasteiger partial charge is 0.255 e. The summed E-state index contributed by atoms with van der Waals surface area (Å²) in [6, 6.07) is 12.8. The van der Waals surface area contributed by atoms with Crippen molar-refractivity contribution in [2.75, 3.05) is 69.4 Å². The molecule has 0 spiro atoms. The third-order valence-electron chi connectivity index (χ3n) is 7.76. The Labute approximate surface area is 247 Å². The van der Waals surface area contributed by atoms with E-state index >= 15 is 0 Å². The van der Waals surface area contributed by atoms with Gasteiger partial charge in [-0.15, -0.1) is 0 Å². The van der Waals surface area contributed by atoms with Gasteiger partial charge in [0, 0.05) is 75.1 Å². The summed E-state index contributed by atoms with van der Waals surface area (Å²) < 4.78 is 38.5. The molecule has 3 amide bonds. The predicted molar refractivity (Wildman–Crippen MR) is 155 cm³/mol. The number of hydrogen-bond acceptors (Lipinski definition) is 7. The molecule has 0 aliphatic carbocycles. The lowest BCUT2D eigenvalue weighted by atomic mass is 10.1. The summed E-state index contributed by atoms with van der Waals surface area (Å²) in [6.07, 6.45) is 0.653. The molecular weight excluding hydrogens is 560 g/mol. The number of halogens is 2. The van der Waals surface area contributed by atoms with E-state index in [0.29, 0.717) is 98.8 Å². The molecule has 0 atom stereocenters. The number of nitrogens with one attached hydrogen (secondary N) is 2. The molecule has 3 aliphatic heterocycles. The Morgan fingerprint density at radius 1 is 0.698 bits per heavy atom. The lowest BCUT2D eigenvalue weighted by Gasteiger charge is -2.29. The van der Waals surface area contributed by atoms with Crippen LogP contribution >= 0.6 is 0 Å². The highest BCUT2D eigenvalue weighted by Crippen LogP contribution is 2.33. The lowest BCUT2D eigenvalue weighted by Crippen LogP contribution is -2.46. The number of ether oxygens (including phenoxy) is 2. The maximum absolute atomic E-state index is 13.9. The highest BCUT2D eigenvalue weighted by Gasteiger charge is 2.26. The van der Waals surface area contributed by atoms with E-state index in [1.54, 1.807) is 46.2 Å². The Morgan fingerprint density at radius 2 is 1.37 bits per heavy atom. The van der Waals surface area contributed by atoms with Crippen molar-refractivity contribution in [1.82, 2.24) is 15.1 Å². The van der Waals surface area contributed by atoms with Crippen LogP contribution in [0.5, 0.6) is 11.5 Å². The molecule has 3 aliphatic rings. The molecule has 2 N–H and O–H groups in total. The third kappa shape index (κ3) is 6.24. The molecule has 0 saturated carbocycles. The van der Waals surface area contributed by atoms with Gasteiger partial charge in [0.2, 0.25) is 6.79 Å². The summed E-state index contributed by atoms with van der Waals surface area (Å²) in [5.41, 5.74) is 1.69. The molecule has 2 fully saturated rings. The maximum atomic E-state index is 13.9. The molecule has 10 nitrogen and oxygen atoms in total. The first-order valence-corrected chi connectivity index (χ1v) is 14.2. The Hall–Kier alpha value is -4.71. The van der Waals surface area contributed by atoms with Crippen LogP contribution in [0.15, 0.2) is 54.6 Å². The number of piperazine rings is 1. The molecule has 2 saturated heterocycles. The molecule has 3 aromatic carbocycles. The molecule has 0 unspecified atom stereocenters. The molecule has 0 radical (unpaired) electrons. The Bertz CT molecular complexity index is 1540. The van der Waals surface area contributed by atoms with Crippen molar-refractivity contribution < 1.29 is 32.6 Å². The van der Waals surface area contributed by atoms with Crippen LogP contribution in [0.3, 0.4) is 0 Å². The number of nitrogens with zero attached hydrogens (tertiary/aromatic N) is 3. The number of fused-ring (bicyclic) bond motifs is 1. The quantitative estimate of drug-likeness (QED) is 0.469. The minimum Gasteiger partial charge on any atom is -0.454 e. The van der Waals surface area contributed by atoms with Crippen molar-refractivity contribution in [3.63, 3.8) is 0 Å². The fourth-order valence-electron chi connectivity index (χ4n) is 5.55. The van der Waals surface area contributed by atoms with E-state index in [1.165, 1.54) is 0 Å². The minimum absolute atomic E-state index is 0.123. The summed E-state index contributed by atoms with van der Waals surface area (Å²) >= 11 is 0. The molecule has 3 aromatic rings. The molecule has 224 valence electrons. The summed E-state index contributed by atoms with van der Waals surface area (Å²) in [5.74, 6) is -1.60. The SMILES string of the molecule is O=C(Nc1cc(C(=O)N2CCNCC2)ccc1N1CCCN(C(=O)c2ccc3c(c2)OCO3)CC1)c1cc(F)cc(F)c1. The van der Waals surface area contributed by atoms with Gasteiger partial charge in [0.15, 0.2) is 11.5 Å². The van der Waals surface area contributed by atoms with Crippen LogP contribution in [0.4, 0.5) is 20.2 Å². The molecule has 6 rings (SSSR count). The van der Waals surface area contributed by atoms with Crippen LogP contribution < -0.4 is 25.0 Å². The van der Waals surface area contributed by atoms with Crippen LogP contribution in [-0.4, -0.2) is 86.7 Å². The predicted octanol–water partition coefficient (Wildman–Crippen LogP) is 3.34. The van der Waals surface area contributed by atoms with Crippen LogP contribution in [0, 0.1) is 11.6 Å². The van der Waals surface area contributed by atoms with Gasteiger partial charge in [-0.3, -0.25) is 14.4 Å². The topological polar surface area (TPSA) is 103 Å². The maximum Gasteiger partial charge on any atom is 0.255 e. The number of carbonyl (C=O) groups excluding carboxylic acids is 3. The van der Waals surface area contributed by atoms with Gasteiger partial charge in [-0.1, -0.05) is 0 Å². The number of rotatable bonds is 5. The molecule has 0 aromatic heterocycles.